The lowest BCUT2D eigenvalue weighted by atomic mass is 10.5. The van der Waals surface area contributed by atoms with Crippen molar-refractivity contribution in [3.63, 3.8) is 0 Å². The maximum Gasteiger partial charge on any atom is 0.232 e. The van der Waals surface area contributed by atoms with Crippen molar-refractivity contribution in [3.05, 3.63) is 18.2 Å². The Morgan fingerprint density at radius 1 is 1.83 bits per heavy atom. The Morgan fingerprint density at radius 2 is 2.67 bits per heavy atom. The van der Waals surface area contributed by atoms with Crippen LogP contribution in [0, 0.1) is 0 Å². The van der Waals surface area contributed by atoms with Gasteiger partial charge in [-0.25, -0.2) is 4.98 Å². The fourth-order valence-corrected chi connectivity index (χ4v) is 0.585. The number of hydrogen-bond donors (Lipinski definition) is 3. The van der Waals surface area contributed by atoms with Crippen molar-refractivity contribution in [2.45, 2.75) is 13.5 Å². The zero-order valence-electron chi connectivity index (χ0n) is 6.63. The second-order valence-corrected chi connectivity index (χ2v) is 2.15. The Bertz CT molecular complexity index is 234. The number of H-pyrrole nitrogens is 1. The average molecular weight is 170 g/mol. The minimum absolute atomic E-state index is 0.209. The summed E-state index contributed by atoms with van der Waals surface area (Å²) in [5, 5.41) is 0. The smallest absolute Gasteiger partial charge is 0.232 e. The number of imidazole rings is 1. The van der Waals surface area contributed by atoms with Crippen molar-refractivity contribution in [1.82, 2.24) is 21.0 Å². The molecular weight excluding hydrogens is 160 g/mol. The van der Waals surface area contributed by atoms with Crippen molar-refractivity contribution >= 4 is 5.91 Å². The summed E-state index contributed by atoms with van der Waals surface area (Å²) in [6, 6.07) is 0. The van der Waals surface area contributed by atoms with Crippen molar-refractivity contribution in [3.8, 4) is 0 Å². The Morgan fingerprint density at radius 3 is 3.25 bits per heavy atom. The van der Waals surface area contributed by atoms with Crippen molar-refractivity contribution in [1.29, 1.82) is 0 Å². The van der Waals surface area contributed by atoms with Crippen LogP contribution in [0.4, 0.5) is 0 Å². The molecule has 12 heavy (non-hydrogen) atoms. The van der Waals surface area contributed by atoms with Gasteiger partial charge in [-0.2, -0.15) is 0 Å². The zero-order valence-corrected chi connectivity index (χ0v) is 6.63. The monoisotopic (exact) mass is 170 g/mol. The number of carbonyl (C=O) groups excluding carboxylic acids is 1. The third kappa shape index (κ3) is 3.13. The molecule has 1 amide bonds. The highest BCUT2D eigenvalue weighted by molar-refractivity contribution is 5.72. The van der Waals surface area contributed by atoms with Gasteiger partial charge in [0.15, 0.2) is 0 Å². The summed E-state index contributed by atoms with van der Waals surface area (Å²) in [5.41, 5.74) is 5.37. The largest absolute Gasteiger partial charge is 0.347 e. The molecule has 1 aromatic heterocycles. The Labute approximate surface area is 69.3 Å². The lowest BCUT2D eigenvalue weighted by Crippen LogP contribution is -2.35. The average Bonchev–Trinajstić information content (AvgIpc) is 2.49. The van der Waals surface area contributed by atoms with Gasteiger partial charge in [-0.05, 0) is 0 Å². The summed E-state index contributed by atoms with van der Waals surface area (Å²) < 4.78 is 0. The van der Waals surface area contributed by atoms with Crippen LogP contribution in [-0.2, 0) is 16.2 Å². The van der Waals surface area contributed by atoms with E-state index < -0.39 is 0 Å². The molecule has 3 N–H and O–H groups in total. The Balaban J connectivity index is 2.07. The maximum absolute atomic E-state index is 10.3. The standard InChI is InChI=1S/C6H10N4O2/c1-5(11)9-10-12-3-6-2-7-4-8-6/h2,4,10H,3H2,1H3,(H,7,8)(H,9,11). The van der Waals surface area contributed by atoms with Crippen LogP contribution in [0.15, 0.2) is 12.5 Å². The minimum atomic E-state index is -0.209. The number of carbonyl (C=O) groups is 1. The summed E-state index contributed by atoms with van der Waals surface area (Å²) in [6.45, 7) is 1.70. The van der Waals surface area contributed by atoms with E-state index >= 15 is 0 Å². The molecule has 1 heterocycles. The first kappa shape index (κ1) is 8.69. The summed E-state index contributed by atoms with van der Waals surface area (Å²) in [5.74, 6) is -0.209. The normalized spacial score (nSPS) is 9.75. The SMILES string of the molecule is CC(=O)NNOCc1cnc[nH]1. The van der Waals surface area contributed by atoms with Crippen LogP contribution in [0.2, 0.25) is 0 Å². The van der Waals surface area contributed by atoms with Crippen molar-refractivity contribution in [2.75, 3.05) is 0 Å². The summed E-state index contributed by atoms with van der Waals surface area (Å²) in [4.78, 5) is 21.8. The molecule has 0 saturated heterocycles. The summed E-state index contributed by atoms with van der Waals surface area (Å²) in [7, 11) is 0. The molecule has 0 atom stereocenters. The first-order chi connectivity index (χ1) is 5.79. The first-order valence-corrected chi connectivity index (χ1v) is 3.39. The molecule has 0 aliphatic carbocycles. The number of aromatic amines is 1. The Hall–Kier alpha value is -1.40. The number of hydrogen-bond acceptors (Lipinski definition) is 4. The van der Waals surface area contributed by atoms with E-state index in [0.29, 0.717) is 6.61 Å². The molecule has 0 aliphatic rings. The van der Waals surface area contributed by atoms with Gasteiger partial charge in [0.1, 0.15) is 6.61 Å². The van der Waals surface area contributed by atoms with E-state index in [1.54, 1.807) is 12.5 Å². The fraction of sp³-hybridized carbons (Fsp3) is 0.333. The van der Waals surface area contributed by atoms with Gasteiger partial charge in [0.2, 0.25) is 5.91 Å². The highest BCUT2D eigenvalue weighted by Gasteiger charge is 1.93. The topological polar surface area (TPSA) is 79.0 Å². The Kier molecular flexibility index (Phi) is 3.24. The van der Waals surface area contributed by atoms with E-state index in [9.17, 15) is 4.79 Å². The highest BCUT2D eigenvalue weighted by atomic mass is 16.7. The molecule has 1 rings (SSSR count). The van der Waals surface area contributed by atoms with E-state index in [2.05, 4.69) is 21.0 Å². The first-order valence-electron chi connectivity index (χ1n) is 3.39. The van der Waals surface area contributed by atoms with E-state index in [1.807, 2.05) is 0 Å². The zero-order chi connectivity index (χ0) is 8.81. The number of nitrogens with zero attached hydrogens (tertiary/aromatic N) is 1. The van der Waals surface area contributed by atoms with Gasteiger partial charge in [-0.15, -0.1) is 5.59 Å². The number of aromatic nitrogens is 2. The van der Waals surface area contributed by atoms with E-state index in [1.165, 1.54) is 6.92 Å². The quantitative estimate of drug-likeness (QED) is 0.419. The summed E-state index contributed by atoms with van der Waals surface area (Å²) in [6.07, 6.45) is 3.19. The molecule has 0 radical (unpaired) electrons. The van der Waals surface area contributed by atoms with E-state index in [0.717, 1.165) is 5.69 Å². The molecule has 66 valence electrons. The number of amides is 1. The van der Waals surface area contributed by atoms with Crippen molar-refractivity contribution in [2.24, 2.45) is 0 Å². The lowest BCUT2D eigenvalue weighted by Gasteiger charge is -2.03. The molecule has 0 bridgehead atoms. The van der Waals surface area contributed by atoms with Crippen LogP contribution < -0.4 is 11.0 Å². The van der Waals surface area contributed by atoms with Crippen molar-refractivity contribution < 1.29 is 9.63 Å². The van der Waals surface area contributed by atoms with Crippen LogP contribution in [0.25, 0.3) is 0 Å². The fourth-order valence-electron chi connectivity index (χ4n) is 0.585. The highest BCUT2D eigenvalue weighted by Crippen LogP contribution is 1.90. The number of hydrazine groups is 1. The second kappa shape index (κ2) is 4.47. The van der Waals surface area contributed by atoms with Gasteiger partial charge < -0.3 is 4.98 Å². The predicted octanol–water partition coefficient (Wildman–Crippen LogP) is -0.518. The maximum atomic E-state index is 10.3. The minimum Gasteiger partial charge on any atom is -0.347 e. The second-order valence-electron chi connectivity index (χ2n) is 2.15. The van der Waals surface area contributed by atoms with Gasteiger partial charge in [-0.3, -0.25) is 15.1 Å². The van der Waals surface area contributed by atoms with Gasteiger partial charge >= 0.3 is 0 Å². The van der Waals surface area contributed by atoms with Crippen LogP contribution in [-0.4, -0.2) is 15.9 Å². The van der Waals surface area contributed by atoms with Gasteiger partial charge in [0.05, 0.1) is 18.2 Å². The molecule has 0 aromatic carbocycles. The molecular formula is C6H10N4O2. The summed E-state index contributed by atoms with van der Waals surface area (Å²) >= 11 is 0. The molecule has 0 saturated carbocycles. The van der Waals surface area contributed by atoms with Gasteiger partial charge in [-0.1, -0.05) is 0 Å². The number of rotatable bonds is 4. The van der Waals surface area contributed by atoms with Gasteiger partial charge in [0.25, 0.3) is 0 Å². The van der Waals surface area contributed by atoms with E-state index in [4.69, 9.17) is 4.84 Å². The molecule has 0 spiro atoms. The van der Waals surface area contributed by atoms with Crippen LogP contribution in [0.3, 0.4) is 0 Å². The molecule has 0 fully saturated rings. The molecule has 6 heteroatoms. The lowest BCUT2D eigenvalue weighted by molar-refractivity contribution is -0.125. The third-order valence-corrected chi connectivity index (χ3v) is 1.08. The van der Waals surface area contributed by atoms with Gasteiger partial charge in [0, 0.05) is 6.92 Å². The molecule has 0 unspecified atom stereocenters. The van der Waals surface area contributed by atoms with Crippen LogP contribution >= 0.6 is 0 Å². The van der Waals surface area contributed by atoms with E-state index in [-0.39, 0.29) is 5.91 Å². The van der Waals surface area contributed by atoms with Crippen LogP contribution in [0.5, 0.6) is 0 Å². The molecule has 0 aliphatic heterocycles. The molecule has 1 aromatic rings. The molecule has 6 nitrogen and oxygen atoms in total. The predicted molar refractivity (Wildman–Crippen MR) is 40.3 cm³/mol. The number of nitrogens with one attached hydrogen (secondary N) is 3. The van der Waals surface area contributed by atoms with Crippen LogP contribution in [0.1, 0.15) is 12.6 Å². The third-order valence-electron chi connectivity index (χ3n) is 1.08.